The lowest BCUT2D eigenvalue weighted by Gasteiger charge is -2.16. The molecule has 8 rings (SSSR count). The van der Waals surface area contributed by atoms with Crippen molar-refractivity contribution in [1.82, 2.24) is 19.9 Å². The van der Waals surface area contributed by atoms with Gasteiger partial charge in [-0.2, -0.15) is 0 Å². The van der Waals surface area contributed by atoms with Gasteiger partial charge < -0.3 is 5.73 Å². The summed E-state index contributed by atoms with van der Waals surface area (Å²) in [5, 5.41) is 19.3. The maximum absolute atomic E-state index is 8.48. The van der Waals surface area contributed by atoms with Crippen molar-refractivity contribution in [1.29, 1.82) is 10.8 Å². The maximum atomic E-state index is 8.48. The number of nitrogens with one attached hydrogen (secondary N) is 2. The number of benzene rings is 3. The number of para-hydroxylation sites is 1. The monoisotopic (exact) mass is 633 g/mol. The number of nitrogens with zero attached hydrogens (tertiary/aromatic N) is 4. The van der Waals surface area contributed by atoms with Crippen molar-refractivity contribution < 1.29 is 0 Å². The Hall–Kier alpha value is -6.86. The van der Waals surface area contributed by atoms with E-state index in [0.717, 1.165) is 45.0 Å². The molecule has 49 heavy (non-hydrogen) atoms. The minimum atomic E-state index is 0.125. The van der Waals surface area contributed by atoms with Gasteiger partial charge in [-0.1, -0.05) is 72.8 Å². The molecular formula is C42H31N7. The van der Waals surface area contributed by atoms with E-state index in [1.807, 2.05) is 84.9 Å². The highest BCUT2D eigenvalue weighted by Crippen LogP contribution is 2.32. The standard InChI is InChI=1S/C26H18N6.C16H13N/c27-21-14-19(24-9-1-7-22(31-24)17-5-3-11-29-15-17)13-20(26(21)28)25-10-2-8-23(32-25)18-6-4-12-30-16-18;17-16-11-4-3-9-15(16)14-10-5-7-12-6-1-2-8-13(12)14/h1-16,27-28H;1-11H,17H2. The number of aromatic nitrogens is 4. The van der Waals surface area contributed by atoms with Gasteiger partial charge in [-0.3, -0.25) is 20.8 Å². The summed E-state index contributed by atoms with van der Waals surface area (Å²) in [6, 6.07) is 41.8. The molecule has 234 valence electrons. The number of hydrogen-bond donors (Lipinski definition) is 3. The average Bonchev–Trinajstić information content (AvgIpc) is 3.17. The van der Waals surface area contributed by atoms with Crippen molar-refractivity contribution in [2.24, 2.45) is 0 Å². The zero-order chi connectivity index (χ0) is 33.6. The second kappa shape index (κ2) is 13.9. The number of nitrogen functional groups attached to an aromatic ring is 1. The lowest BCUT2D eigenvalue weighted by atomic mass is 9.91. The van der Waals surface area contributed by atoms with E-state index in [1.54, 1.807) is 30.9 Å². The molecule has 0 amide bonds. The Morgan fingerprint density at radius 2 is 1.06 bits per heavy atom. The number of pyridine rings is 4. The first-order chi connectivity index (χ1) is 24.0. The molecule has 0 fully saturated rings. The topological polar surface area (TPSA) is 125 Å². The van der Waals surface area contributed by atoms with Crippen LogP contribution in [0.15, 0.2) is 164 Å². The second-order valence-corrected chi connectivity index (χ2v) is 11.4. The van der Waals surface area contributed by atoms with E-state index in [-0.39, 0.29) is 11.4 Å². The van der Waals surface area contributed by atoms with Crippen molar-refractivity contribution in [2.75, 3.05) is 5.73 Å². The molecule has 0 bridgehead atoms. The Labute approximate surface area is 284 Å². The van der Waals surface area contributed by atoms with E-state index in [1.165, 1.54) is 16.3 Å². The molecule has 7 aromatic rings. The predicted molar refractivity (Wildman–Crippen MR) is 200 cm³/mol. The predicted octanol–water partition coefficient (Wildman–Crippen LogP) is 9.21. The van der Waals surface area contributed by atoms with Gasteiger partial charge >= 0.3 is 0 Å². The number of rotatable bonds is 5. The van der Waals surface area contributed by atoms with Crippen molar-refractivity contribution >= 4 is 39.0 Å². The van der Waals surface area contributed by atoms with E-state index >= 15 is 0 Å². The highest BCUT2D eigenvalue weighted by Gasteiger charge is 2.21. The smallest absolute Gasteiger partial charge is 0.0883 e. The van der Waals surface area contributed by atoms with Gasteiger partial charge in [0.1, 0.15) is 0 Å². The van der Waals surface area contributed by atoms with Gasteiger partial charge in [-0.15, -0.1) is 0 Å². The van der Waals surface area contributed by atoms with E-state index in [9.17, 15) is 0 Å². The minimum absolute atomic E-state index is 0.125. The fourth-order valence-corrected chi connectivity index (χ4v) is 5.72. The fourth-order valence-electron chi connectivity index (χ4n) is 5.72. The zero-order valence-electron chi connectivity index (χ0n) is 26.5. The largest absolute Gasteiger partial charge is 0.398 e. The van der Waals surface area contributed by atoms with Crippen LogP contribution < -0.4 is 5.73 Å². The van der Waals surface area contributed by atoms with Gasteiger partial charge in [0.25, 0.3) is 0 Å². The Morgan fingerprint density at radius 1 is 0.490 bits per heavy atom. The average molecular weight is 634 g/mol. The van der Waals surface area contributed by atoms with Crippen molar-refractivity contribution in [3.8, 4) is 33.6 Å². The van der Waals surface area contributed by atoms with E-state index in [2.05, 4.69) is 58.5 Å². The molecule has 1 aliphatic rings. The summed E-state index contributed by atoms with van der Waals surface area (Å²) in [6.45, 7) is 0. The molecular weight excluding hydrogens is 603 g/mol. The summed E-state index contributed by atoms with van der Waals surface area (Å²) in [4.78, 5) is 17.8. The summed E-state index contributed by atoms with van der Waals surface area (Å²) in [6.07, 6.45) is 10.5. The van der Waals surface area contributed by atoms with Gasteiger partial charge in [-0.05, 0) is 83.1 Å². The van der Waals surface area contributed by atoms with Crippen LogP contribution >= 0.6 is 0 Å². The Bertz CT molecular complexity index is 2370. The highest BCUT2D eigenvalue weighted by atomic mass is 14.7. The molecule has 1 aliphatic carbocycles. The van der Waals surface area contributed by atoms with Gasteiger partial charge in [0.15, 0.2) is 0 Å². The third-order valence-corrected chi connectivity index (χ3v) is 8.16. The molecule has 0 radical (unpaired) electrons. The van der Waals surface area contributed by atoms with E-state index in [0.29, 0.717) is 11.3 Å². The van der Waals surface area contributed by atoms with E-state index < -0.39 is 0 Å². The molecule has 4 N–H and O–H groups in total. The van der Waals surface area contributed by atoms with Crippen LogP contribution in [0.2, 0.25) is 0 Å². The molecule has 0 aliphatic heterocycles. The lowest BCUT2D eigenvalue weighted by molar-refractivity contribution is 1.25. The first-order valence-electron chi connectivity index (χ1n) is 15.7. The quantitative estimate of drug-likeness (QED) is 0.129. The molecule has 7 nitrogen and oxygen atoms in total. The fraction of sp³-hybridized carbons (Fsp3) is 0. The molecule has 0 unspecified atom stereocenters. The van der Waals surface area contributed by atoms with Gasteiger partial charge in [0.2, 0.25) is 0 Å². The van der Waals surface area contributed by atoms with Crippen LogP contribution in [0.1, 0.15) is 11.4 Å². The van der Waals surface area contributed by atoms with E-state index in [4.69, 9.17) is 26.5 Å². The number of hydrogen-bond acceptors (Lipinski definition) is 7. The van der Waals surface area contributed by atoms with Crippen LogP contribution in [0, 0.1) is 10.8 Å². The third-order valence-electron chi connectivity index (χ3n) is 8.16. The highest BCUT2D eigenvalue weighted by molar-refractivity contribution is 6.61. The first kappa shape index (κ1) is 30.8. The number of fused-ring (bicyclic) bond motifs is 1. The SMILES string of the molecule is N=C1C=C(c2cccc(-c3cccnc3)n2)C=C(c2cccc(-c3cccnc3)n2)C1=N.Nc1ccccc1-c1cccc2ccccc12. The number of anilines is 1. The molecule has 0 saturated carbocycles. The molecule has 0 atom stereocenters. The molecule has 3 aromatic carbocycles. The van der Waals surface area contributed by atoms with Gasteiger partial charge in [0.05, 0.1) is 34.2 Å². The minimum Gasteiger partial charge on any atom is -0.398 e. The normalized spacial score (nSPS) is 12.5. The lowest BCUT2D eigenvalue weighted by Crippen LogP contribution is -2.17. The summed E-state index contributed by atoms with van der Waals surface area (Å²) in [5.41, 5.74) is 15.5. The molecule has 4 heterocycles. The zero-order valence-corrected chi connectivity index (χ0v) is 26.5. The van der Waals surface area contributed by atoms with Crippen molar-refractivity contribution in [2.45, 2.75) is 0 Å². The number of nitrogens with two attached hydrogens (primary N) is 1. The molecule has 0 saturated heterocycles. The first-order valence-corrected chi connectivity index (χ1v) is 15.7. The Morgan fingerprint density at radius 3 is 1.76 bits per heavy atom. The van der Waals surface area contributed by atoms with Crippen LogP contribution in [-0.4, -0.2) is 31.4 Å². The summed E-state index contributed by atoms with van der Waals surface area (Å²) in [7, 11) is 0. The van der Waals surface area contributed by atoms with Crippen LogP contribution in [0.25, 0.3) is 55.6 Å². The van der Waals surface area contributed by atoms with Crippen LogP contribution in [-0.2, 0) is 0 Å². The summed E-state index contributed by atoms with van der Waals surface area (Å²) >= 11 is 0. The van der Waals surface area contributed by atoms with Crippen molar-refractivity contribution in [3.63, 3.8) is 0 Å². The summed E-state index contributed by atoms with van der Waals surface area (Å²) in [5.74, 6) is 0. The van der Waals surface area contributed by atoms with Crippen LogP contribution in [0.4, 0.5) is 5.69 Å². The Kier molecular flexibility index (Phi) is 8.71. The van der Waals surface area contributed by atoms with Gasteiger partial charge in [-0.25, -0.2) is 9.97 Å². The van der Waals surface area contributed by atoms with Gasteiger partial charge in [0, 0.05) is 58.3 Å². The molecule has 4 aromatic heterocycles. The second-order valence-electron chi connectivity index (χ2n) is 11.4. The van der Waals surface area contributed by atoms with Crippen LogP contribution in [0.5, 0.6) is 0 Å². The van der Waals surface area contributed by atoms with Crippen molar-refractivity contribution in [3.05, 3.63) is 176 Å². The summed E-state index contributed by atoms with van der Waals surface area (Å²) < 4.78 is 0. The molecule has 0 spiro atoms. The Balaban J connectivity index is 0.000000186. The van der Waals surface area contributed by atoms with Crippen LogP contribution in [0.3, 0.4) is 0 Å². The third kappa shape index (κ3) is 6.68. The molecule has 7 heteroatoms. The number of allylic oxidation sites excluding steroid dienone is 4. The maximum Gasteiger partial charge on any atom is 0.0883 e.